The third-order valence-corrected chi connectivity index (χ3v) is 3.76. The van der Waals surface area contributed by atoms with E-state index in [2.05, 4.69) is 59.0 Å². The van der Waals surface area contributed by atoms with Crippen LogP contribution in [0, 0.1) is 0 Å². The fourth-order valence-corrected chi connectivity index (χ4v) is 2.48. The van der Waals surface area contributed by atoms with E-state index >= 15 is 0 Å². The fraction of sp³-hybridized carbons (Fsp3) is 0.167. The Morgan fingerprint density at radius 2 is 1.75 bits per heavy atom. The van der Waals surface area contributed by atoms with Crippen molar-refractivity contribution in [3.8, 4) is 0 Å². The van der Waals surface area contributed by atoms with Crippen LogP contribution in [0.2, 0.25) is 0 Å². The Labute approximate surface area is 167 Å². The molecule has 0 saturated carbocycles. The summed E-state index contributed by atoms with van der Waals surface area (Å²) in [5.41, 5.74) is 18.0. The Bertz CT molecular complexity index is 712. The van der Waals surface area contributed by atoms with Crippen LogP contribution in [0.4, 0.5) is 0 Å². The van der Waals surface area contributed by atoms with Crippen LogP contribution in [-0.2, 0) is 39.1 Å². The van der Waals surface area contributed by atoms with Gasteiger partial charge in [-0.1, -0.05) is 61.2 Å². The van der Waals surface area contributed by atoms with Crippen molar-refractivity contribution in [2.24, 2.45) is 10.8 Å². The Hall–Kier alpha value is -1.37. The maximum absolute atomic E-state index is 6.04. The summed E-state index contributed by atoms with van der Waals surface area (Å²) in [5.74, 6) is 0. The molecule has 1 unspecified atom stereocenters. The summed E-state index contributed by atoms with van der Waals surface area (Å²) in [6, 6.07) is 18.7. The average Bonchev–Trinajstić information content (AvgIpc) is 2.68. The first-order valence-electron chi connectivity index (χ1n) is 7.50. The average molecular weight is 395 g/mol. The van der Waals surface area contributed by atoms with Crippen LogP contribution in [0.3, 0.4) is 0 Å². The van der Waals surface area contributed by atoms with Crippen LogP contribution in [0.5, 0.6) is 0 Å². The predicted octanol–water partition coefficient (Wildman–Crippen LogP) is 2.56. The first-order valence-corrected chi connectivity index (χ1v) is 7.50. The first-order chi connectivity index (χ1) is 11.1. The molecule has 0 bridgehead atoms. The molecule has 2 aromatic rings. The van der Waals surface area contributed by atoms with Gasteiger partial charge in [0.2, 0.25) is 0 Å². The zero-order valence-electron chi connectivity index (χ0n) is 13.7. The number of nitrogens with zero attached hydrogens (tertiary/aromatic N) is 3. The maximum atomic E-state index is 6.04. The van der Waals surface area contributed by atoms with Gasteiger partial charge in [-0.25, -0.2) is 5.43 Å². The van der Waals surface area contributed by atoms with E-state index in [0.717, 1.165) is 12.0 Å². The van der Waals surface area contributed by atoms with Crippen molar-refractivity contribution in [1.82, 2.24) is 10.5 Å². The standard InChI is InChI=1S/C18H20N5.Y/c1-13-17(20-22-23(2)21-18(13)19)16-10-8-15(9-11-16)12-14-6-4-3-5-7-14;/h3-11,18,21H,1,12,19H2,2H3;/q-1;. The molecule has 0 spiro atoms. The molecule has 0 aromatic heterocycles. The monoisotopic (exact) mass is 395 g/mol. The summed E-state index contributed by atoms with van der Waals surface area (Å²) in [5, 5.41) is 5.74. The van der Waals surface area contributed by atoms with Gasteiger partial charge in [0.1, 0.15) is 0 Å². The van der Waals surface area contributed by atoms with E-state index in [9.17, 15) is 0 Å². The minimum Gasteiger partial charge on any atom is -0.523 e. The summed E-state index contributed by atoms with van der Waals surface area (Å²) in [4.78, 5) is 0. The third-order valence-electron chi connectivity index (χ3n) is 3.76. The van der Waals surface area contributed by atoms with Gasteiger partial charge in [-0.15, -0.1) is 0 Å². The quantitative estimate of drug-likeness (QED) is 0.840. The second-order valence-corrected chi connectivity index (χ2v) is 5.55. The zero-order chi connectivity index (χ0) is 16.2. The molecule has 1 aliphatic heterocycles. The normalized spacial score (nSPS) is 18.2. The summed E-state index contributed by atoms with van der Waals surface area (Å²) in [6.07, 6.45) is 0.497. The SMILES string of the molecule is C=C1C(c2ccc(Cc3ccccc3)cc2)=N[N-]N(C)NC1N.[Y]. The molecule has 1 aliphatic rings. The molecule has 0 fully saturated rings. The van der Waals surface area contributed by atoms with Crippen molar-refractivity contribution in [2.75, 3.05) is 7.05 Å². The molecule has 0 saturated heterocycles. The maximum Gasteiger partial charge on any atom is 0.0942 e. The van der Waals surface area contributed by atoms with Crippen LogP contribution >= 0.6 is 0 Å². The number of rotatable bonds is 3. The van der Waals surface area contributed by atoms with Gasteiger partial charge in [-0.3, -0.25) is 0 Å². The Morgan fingerprint density at radius 3 is 2.42 bits per heavy atom. The van der Waals surface area contributed by atoms with Crippen LogP contribution in [-0.4, -0.2) is 24.0 Å². The molecule has 6 heteroatoms. The van der Waals surface area contributed by atoms with Gasteiger partial charge in [0.25, 0.3) is 0 Å². The van der Waals surface area contributed by atoms with Gasteiger partial charge in [0.05, 0.1) is 11.9 Å². The van der Waals surface area contributed by atoms with Crippen LogP contribution in [0.25, 0.3) is 5.53 Å². The predicted molar refractivity (Wildman–Crippen MR) is 93.6 cm³/mol. The molecular weight excluding hydrogens is 375 g/mol. The summed E-state index contributed by atoms with van der Waals surface area (Å²) < 4.78 is 0. The largest absolute Gasteiger partial charge is 0.523 e. The van der Waals surface area contributed by atoms with E-state index in [4.69, 9.17) is 5.73 Å². The van der Waals surface area contributed by atoms with Crippen molar-refractivity contribution in [2.45, 2.75) is 12.6 Å². The Balaban J connectivity index is 0.00000208. The van der Waals surface area contributed by atoms with E-state index in [1.165, 1.54) is 16.2 Å². The molecule has 3 rings (SSSR count). The van der Waals surface area contributed by atoms with Gasteiger partial charge in [-0.2, -0.15) is 0 Å². The van der Waals surface area contributed by atoms with Crippen molar-refractivity contribution >= 4 is 5.71 Å². The molecule has 3 N–H and O–H groups in total. The molecule has 24 heavy (non-hydrogen) atoms. The van der Waals surface area contributed by atoms with Gasteiger partial charge < -0.3 is 21.5 Å². The summed E-state index contributed by atoms with van der Waals surface area (Å²) >= 11 is 0. The van der Waals surface area contributed by atoms with Crippen molar-refractivity contribution in [3.63, 3.8) is 0 Å². The van der Waals surface area contributed by atoms with Gasteiger partial charge >= 0.3 is 0 Å². The molecule has 1 heterocycles. The molecule has 121 valence electrons. The zero-order valence-corrected chi connectivity index (χ0v) is 16.5. The van der Waals surface area contributed by atoms with Crippen LogP contribution < -0.4 is 11.2 Å². The number of nitrogens with one attached hydrogen (secondary N) is 1. The van der Waals surface area contributed by atoms with Gasteiger partial charge in [0, 0.05) is 38.3 Å². The fourth-order valence-electron chi connectivity index (χ4n) is 2.48. The Morgan fingerprint density at radius 1 is 1.12 bits per heavy atom. The molecule has 0 aliphatic carbocycles. The topological polar surface area (TPSA) is 67.8 Å². The minimum atomic E-state index is -0.408. The Kier molecular flexibility index (Phi) is 6.83. The van der Waals surface area contributed by atoms with Crippen LogP contribution in [0.15, 0.2) is 71.9 Å². The number of hydrogen-bond donors (Lipinski definition) is 2. The van der Waals surface area contributed by atoms with E-state index in [0.29, 0.717) is 11.3 Å². The molecule has 1 radical (unpaired) electrons. The number of hydrazine groups is 1. The van der Waals surface area contributed by atoms with Crippen molar-refractivity contribution in [3.05, 3.63) is 89.0 Å². The molecule has 5 nitrogen and oxygen atoms in total. The third kappa shape index (κ3) is 4.59. The van der Waals surface area contributed by atoms with Gasteiger partial charge in [0.15, 0.2) is 0 Å². The van der Waals surface area contributed by atoms with E-state index < -0.39 is 6.17 Å². The number of hydrogen-bond acceptors (Lipinski definition) is 4. The van der Waals surface area contributed by atoms with Crippen molar-refractivity contribution < 1.29 is 32.7 Å². The second-order valence-electron chi connectivity index (χ2n) is 5.55. The van der Waals surface area contributed by atoms with Gasteiger partial charge in [-0.05, 0) is 30.2 Å². The molecule has 1 atom stereocenters. The molecular formula is C18H20N5Y-. The van der Waals surface area contributed by atoms with E-state index in [1.807, 2.05) is 18.2 Å². The first kappa shape index (κ1) is 19.0. The smallest absolute Gasteiger partial charge is 0.0942 e. The van der Waals surface area contributed by atoms with Crippen molar-refractivity contribution in [1.29, 1.82) is 0 Å². The molecule has 2 aromatic carbocycles. The van der Waals surface area contributed by atoms with E-state index in [-0.39, 0.29) is 32.7 Å². The summed E-state index contributed by atoms with van der Waals surface area (Å²) in [6.45, 7) is 4.03. The molecule has 0 amide bonds. The summed E-state index contributed by atoms with van der Waals surface area (Å²) in [7, 11) is 1.75. The minimum absolute atomic E-state index is 0. The number of benzene rings is 2. The number of nitrogens with two attached hydrogens (primary N) is 1. The van der Waals surface area contributed by atoms with Crippen LogP contribution in [0.1, 0.15) is 16.7 Å². The second kappa shape index (κ2) is 8.65. The van der Waals surface area contributed by atoms with E-state index in [1.54, 1.807) is 7.05 Å².